The fraction of sp³-hybridized carbons (Fsp3) is 0.762. The van der Waals surface area contributed by atoms with Gasteiger partial charge in [0.25, 0.3) is 0 Å². The second-order valence-corrected chi connectivity index (χ2v) is 7.68. The Morgan fingerprint density at radius 1 is 1.18 bits per heavy atom. The standard InChI is InChI=1S/C21H34N/c1-3-5-8-18-14-20(18)16-22(13-4-2)21-12-11-17-9-6-7-10-19(17)15-21/h7,10,14,16-19,21H,3-6,8-9,11-13,15H2,1-2H3/q+1. The first-order chi connectivity index (χ1) is 10.8. The molecule has 0 heterocycles. The zero-order chi connectivity index (χ0) is 15.4. The molecule has 1 fully saturated rings. The molecule has 0 aromatic carbocycles. The molecular weight excluding hydrogens is 266 g/mol. The van der Waals surface area contributed by atoms with Gasteiger partial charge in [-0.1, -0.05) is 44.9 Å². The molecule has 22 heavy (non-hydrogen) atoms. The fourth-order valence-electron chi connectivity index (χ4n) is 4.52. The van der Waals surface area contributed by atoms with Gasteiger partial charge in [0, 0.05) is 30.8 Å². The molecule has 3 aliphatic carbocycles. The maximum Gasteiger partial charge on any atom is 0.167 e. The molecule has 0 bridgehead atoms. The first-order valence-corrected chi connectivity index (χ1v) is 9.80. The molecule has 4 atom stereocenters. The zero-order valence-electron chi connectivity index (χ0n) is 14.6. The summed E-state index contributed by atoms with van der Waals surface area (Å²) in [6, 6.07) is 0.789. The van der Waals surface area contributed by atoms with Crippen molar-refractivity contribution < 1.29 is 4.58 Å². The van der Waals surface area contributed by atoms with Gasteiger partial charge in [-0.2, -0.15) is 0 Å². The Morgan fingerprint density at radius 3 is 2.91 bits per heavy atom. The summed E-state index contributed by atoms with van der Waals surface area (Å²) in [6.07, 6.45) is 22.4. The van der Waals surface area contributed by atoms with Gasteiger partial charge < -0.3 is 0 Å². The Balaban J connectivity index is 1.60. The first kappa shape index (κ1) is 16.0. The van der Waals surface area contributed by atoms with E-state index in [4.69, 9.17) is 0 Å². The summed E-state index contributed by atoms with van der Waals surface area (Å²) in [5.74, 6) is 2.66. The molecule has 0 N–H and O–H groups in total. The van der Waals surface area contributed by atoms with E-state index in [1.165, 1.54) is 64.3 Å². The molecule has 4 unspecified atom stereocenters. The van der Waals surface area contributed by atoms with Crippen LogP contribution in [0.25, 0.3) is 0 Å². The topological polar surface area (TPSA) is 3.01 Å². The SMILES string of the molecule is CCCCC1C=C1C=[N+](CCC)C1CCC2CCC=CC2C1. The van der Waals surface area contributed by atoms with Crippen LogP contribution in [0.15, 0.2) is 23.8 Å². The molecule has 0 aromatic rings. The van der Waals surface area contributed by atoms with Gasteiger partial charge >= 0.3 is 0 Å². The normalized spacial score (nSPS) is 34.3. The smallest absolute Gasteiger partial charge is 0.167 e. The maximum absolute atomic E-state index is 2.70. The van der Waals surface area contributed by atoms with Gasteiger partial charge in [-0.3, -0.25) is 0 Å². The third-order valence-corrected chi connectivity index (χ3v) is 5.95. The highest BCUT2D eigenvalue weighted by Gasteiger charge is 2.36. The molecule has 0 amide bonds. The predicted molar refractivity (Wildman–Crippen MR) is 95.6 cm³/mol. The molecule has 122 valence electrons. The van der Waals surface area contributed by atoms with Crippen LogP contribution in [-0.4, -0.2) is 23.4 Å². The van der Waals surface area contributed by atoms with Crippen molar-refractivity contribution in [1.29, 1.82) is 0 Å². The number of rotatable bonds is 7. The van der Waals surface area contributed by atoms with Crippen LogP contribution in [0.4, 0.5) is 0 Å². The zero-order valence-corrected chi connectivity index (χ0v) is 14.6. The highest BCUT2D eigenvalue weighted by molar-refractivity contribution is 5.81. The minimum absolute atomic E-state index is 0.789. The number of hydrogen-bond donors (Lipinski definition) is 0. The summed E-state index contributed by atoms with van der Waals surface area (Å²) in [4.78, 5) is 0. The third kappa shape index (κ3) is 3.91. The quantitative estimate of drug-likeness (QED) is 0.338. The molecule has 1 saturated carbocycles. The van der Waals surface area contributed by atoms with E-state index in [1.807, 2.05) is 0 Å². The summed E-state index contributed by atoms with van der Waals surface area (Å²) >= 11 is 0. The van der Waals surface area contributed by atoms with E-state index in [0.717, 1.165) is 23.8 Å². The van der Waals surface area contributed by atoms with E-state index in [2.05, 4.69) is 42.9 Å². The van der Waals surface area contributed by atoms with Crippen LogP contribution in [0.2, 0.25) is 0 Å². The second-order valence-electron chi connectivity index (χ2n) is 7.68. The Morgan fingerprint density at radius 2 is 2.09 bits per heavy atom. The monoisotopic (exact) mass is 300 g/mol. The van der Waals surface area contributed by atoms with E-state index < -0.39 is 0 Å². The largest absolute Gasteiger partial charge is 0.233 e. The molecule has 1 heteroatoms. The number of unbranched alkanes of at least 4 members (excludes halogenated alkanes) is 1. The van der Waals surface area contributed by atoms with Crippen molar-refractivity contribution in [3.8, 4) is 0 Å². The van der Waals surface area contributed by atoms with Crippen LogP contribution in [0.1, 0.15) is 71.6 Å². The van der Waals surface area contributed by atoms with Crippen molar-refractivity contribution in [3.63, 3.8) is 0 Å². The van der Waals surface area contributed by atoms with Crippen LogP contribution in [-0.2, 0) is 0 Å². The van der Waals surface area contributed by atoms with E-state index in [1.54, 1.807) is 5.57 Å². The second kappa shape index (κ2) is 7.62. The number of allylic oxidation sites excluding steroid dienone is 4. The van der Waals surface area contributed by atoms with Gasteiger partial charge in [0.2, 0.25) is 0 Å². The lowest BCUT2D eigenvalue weighted by Gasteiger charge is -2.35. The van der Waals surface area contributed by atoms with Crippen LogP contribution >= 0.6 is 0 Å². The number of fused-ring (bicyclic) bond motifs is 1. The predicted octanol–water partition coefficient (Wildman–Crippen LogP) is 5.36. The lowest BCUT2D eigenvalue weighted by Crippen LogP contribution is -2.37. The van der Waals surface area contributed by atoms with E-state index in [9.17, 15) is 0 Å². The van der Waals surface area contributed by atoms with Gasteiger partial charge in [-0.05, 0) is 37.5 Å². The third-order valence-electron chi connectivity index (χ3n) is 5.95. The van der Waals surface area contributed by atoms with Crippen molar-refractivity contribution in [1.82, 2.24) is 0 Å². The highest BCUT2D eigenvalue weighted by atomic mass is 15.0. The van der Waals surface area contributed by atoms with Gasteiger partial charge in [-0.15, -0.1) is 0 Å². The summed E-state index contributed by atoms with van der Waals surface area (Å²) in [5, 5.41) is 0. The Hall–Kier alpha value is -0.850. The van der Waals surface area contributed by atoms with Crippen molar-refractivity contribution in [3.05, 3.63) is 23.8 Å². The van der Waals surface area contributed by atoms with E-state index in [-0.39, 0.29) is 0 Å². The maximum atomic E-state index is 2.70. The van der Waals surface area contributed by atoms with Gasteiger partial charge in [0.1, 0.15) is 6.54 Å². The van der Waals surface area contributed by atoms with Gasteiger partial charge in [-0.25, -0.2) is 4.58 Å². The first-order valence-electron chi connectivity index (χ1n) is 9.80. The average molecular weight is 301 g/mol. The van der Waals surface area contributed by atoms with Crippen LogP contribution in [0, 0.1) is 17.8 Å². The fourth-order valence-corrected chi connectivity index (χ4v) is 4.52. The molecule has 0 aromatic heterocycles. The lowest BCUT2D eigenvalue weighted by molar-refractivity contribution is -0.567. The van der Waals surface area contributed by atoms with Crippen LogP contribution < -0.4 is 0 Å². The molecular formula is C21H34N+. The van der Waals surface area contributed by atoms with Gasteiger partial charge in [0.15, 0.2) is 12.3 Å². The minimum Gasteiger partial charge on any atom is -0.233 e. The molecule has 0 saturated heterocycles. The van der Waals surface area contributed by atoms with Gasteiger partial charge in [0.05, 0.1) is 0 Å². The minimum atomic E-state index is 0.789. The molecule has 3 aliphatic rings. The molecule has 0 spiro atoms. The van der Waals surface area contributed by atoms with Crippen molar-refractivity contribution in [2.45, 2.75) is 77.7 Å². The number of hydrogen-bond acceptors (Lipinski definition) is 0. The van der Waals surface area contributed by atoms with E-state index in [0.29, 0.717) is 0 Å². The highest BCUT2D eigenvalue weighted by Crippen LogP contribution is 2.38. The number of nitrogens with zero attached hydrogens (tertiary/aromatic N) is 1. The van der Waals surface area contributed by atoms with Crippen LogP contribution in [0.5, 0.6) is 0 Å². The summed E-state index contributed by atoms with van der Waals surface area (Å²) < 4.78 is 2.70. The Kier molecular flexibility index (Phi) is 5.55. The van der Waals surface area contributed by atoms with Crippen molar-refractivity contribution >= 4 is 6.21 Å². The molecule has 0 aliphatic heterocycles. The molecule has 3 rings (SSSR count). The summed E-state index contributed by atoms with van der Waals surface area (Å²) in [6.45, 7) is 5.86. The lowest BCUT2D eigenvalue weighted by atomic mass is 9.72. The van der Waals surface area contributed by atoms with E-state index >= 15 is 0 Å². The summed E-state index contributed by atoms with van der Waals surface area (Å²) in [5.41, 5.74) is 1.63. The van der Waals surface area contributed by atoms with Crippen LogP contribution in [0.3, 0.4) is 0 Å². The Bertz CT molecular complexity index is 457. The Labute approximate surface area is 137 Å². The average Bonchev–Trinajstić information content (AvgIpc) is 3.30. The van der Waals surface area contributed by atoms with Crippen molar-refractivity contribution in [2.75, 3.05) is 6.54 Å². The molecule has 1 nitrogen and oxygen atoms in total. The van der Waals surface area contributed by atoms with Crippen molar-refractivity contribution in [2.24, 2.45) is 17.8 Å². The summed E-state index contributed by atoms with van der Waals surface area (Å²) in [7, 11) is 0. The molecule has 0 radical (unpaired) electrons.